The van der Waals surface area contributed by atoms with E-state index in [1.807, 2.05) is 30.3 Å². The van der Waals surface area contributed by atoms with E-state index in [-0.39, 0.29) is 0 Å². The average Bonchev–Trinajstić information content (AvgIpc) is 3.26. The van der Waals surface area contributed by atoms with Crippen molar-refractivity contribution in [3.63, 3.8) is 0 Å². The highest BCUT2D eigenvalue weighted by molar-refractivity contribution is 6.29. The largest absolute Gasteiger partial charge is 0.369 e. The molecule has 1 aliphatic carbocycles. The summed E-state index contributed by atoms with van der Waals surface area (Å²) in [5.74, 6) is 1.48. The van der Waals surface area contributed by atoms with E-state index < -0.39 is 0 Å². The number of hydrogen-bond donors (Lipinski definition) is 1. The monoisotopic (exact) mass is 287 g/mol. The summed E-state index contributed by atoms with van der Waals surface area (Å²) in [6, 6.07) is 11.7. The van der Waals surface area contributed by atoms with Crippen LogP contribution in [-0.4, -0.2) is 16.5 Å². The van der Waals surface area contributed by atoms with Gasteiger partial charge in [0.2, 0.25) is 0 Å². The average molecular weight is 288 g/mol. The summed E-state index contributed by atoms with van der Waals surface area (Å²) in [5.41, 5.74) is 1.46. The smallest absolute Gasteiger partial charge is 0.163 e. The second-order valence-corrected chi connectivity index (χ2v) is 5.86. The SMILES string of the molecule is CCC1(CNc2cc(Cl)nc(-c3ccccc3)n2)CC1. The van der Waals surface area contributed by atoms with Gasteiger partial charge in [0.25, 0.3) is 0 Å². The van der Waals surface area contributed by atoms with Crippen LogP contribution in [0, 0.1) is 5.41 Å². The molecule has 3 nitrogen and oxygen atoms in total. The van der Waals surface area contributed by atoms with Gasteiger partial charge in [-0.2, -0.15) is 0 Å². The number of rotatable bonds is 5. The van der Waals surface area contributed by atoms with Gasteiger partial charge in [-0.3, -0.25) is 0 Å². The van der Waals surface area contributed by atoms with Crippen LogP contribution in [0.5, 0.6) is 0 Å². The lowest BCUT2D eigenvalue weighted by Crippen LogP contribution is -2.15. The molecule has 4 heteroatoms. The number of nitrogens with one attached hydrogen (secondary N) is 1. The van der Waals surface area contributed by atoms with Crippen molar-refractivity contribution < 1.29 is 0 Å². The van der Waals surface area contributed by atoms with E-state index in [1.54, 1.807) is 6.07 Å². The maximum absolute atomic E-state index is 6.11. The minimum absolute atomic E-state index is 0.475. The summed E-state index contributed by atoms with van der Waals surface area (Å²) >= 11 is 6.11. The second kappa shape index (κ2) is 5.41. The van der Waals surface area contributed by atoms with Crippen molar-refractivity contribution in [3.05, 3.63) is 41.6 Å². The first-order valence-electron chi connectivity index (χ1n) is 7.05. The van der Waals surface area contributed by atoms with E-state index in [0.29, 0.717) is 16.4 Å². The second-order valence-electron chi connectivity index (χ2n) is 5.47. The third-order valence-electron chi connectivity index (χ3n) is 4.08. The fourth-order valence-electron chi connectivity index (χ4n) is 2.33. The van der Waals surface area contributed by atoms with E-state index in [1.165, 1.54) is 19.3 Å². The normalized spacial score (nSPS) is 15.9. The molecule has 0 amide bonds. The number of benzene rings is 1. The molecule has 0 radical (unpaired) electrons. The molecule has 2 aromatic rings. The minimum Gasteiger partial charge on any atom is -0.369 e. The first-order chi connectivity index (χ1) is 9.71. The van der Waals surface area contributed by atoms with E-state index in [4.69, 9.17) is 11.6 Å². The standard InChI is InChI=1S/C16H18ClN3/c1-2-16(8-9-16)11-18-14-10-13(17)19-15(20-14)12-6-4-3-5-7-12/h3-7,10H,2,8-9,11H2,1H3,(H,18,19,20). The molecule has 0 spiro atoms. The van der Waals surface area contributed by atoms with Gasteiger partial charge in [-0.05, 0) is 24.7 Å². The summed E-state index contributed by atoms with van der Waals surface area (Å²) in [5, 5.41) is 3.89. The fraction of sp³-hybridized carbons (Fsp3) is 0.375. The maximum Gasteiger partial charge on any atom is 0.163 e. The van der Waals surface area contributed by atoms with Crippen molar-refractivity contribution in [1.82, 2.24) is 9.97 Å². The van der Waals surface area contributed by atoms with Gasteiger partial charge in [-0.1, -0.05) is 48.9 Å². The van der Waals surface area contributed by atoms with Gasteiger partial charge in [0.05, 0.1) is 0 Å². The number of nitrogens with zero attached hydrogens (tertiary/aromatic N) is 2. The van der Waals surface area contributed by atoms with E-state index in [2.05, 4.69) is 22.2 Å². The molecule has 20 heavy (non-hydrogen) atoms. The van der Waals surface area contributed by atoms with Crippen LogP contribution >= 0.6 is 11.6 Å². The lowest BCUT2D eigenvalue weighted by Gasteiger charge is -2.14. The van der Waals surface area contributed by atoms with Gasteiger partial charge in [0.1, 0.15) is 11.0 Å². The Hall–Kier alpha value is -1.61. The molecule has 0 atom stereocenters. The van der Waals surface area contributed by atoms with Crippen LogP contribution in [0.15, 0.2) is 36.4 Å². The summed E-state index contributed by atoms with van der Waals surface area (Å²) in [7, 11) is 0. The molecule has 104 valence electrons. The number of hydrogen-bond acceptors (Lipinski definition) is 3. The Morgan fingerprint density at radius 1 is 1.20 bits per heavy atom. The lowest BCUT2D eigenvalue weighted by atomic mass is 10.0. The zero-order valence-corrected chi connectivity index (χ0v) is 12.3. The van der Waals surface area contributed by atoms with Gasteiger partial charge in [-0.25, -0.2) is 9.97 Å². The molecule has 1 aromatic carbocycles. The van der Waals surface area contributed by atoms with Crippen LogP contribution in [0.4, 0.5) is 5.82 Å². The van der Waals surface area contributed by atoms with Crippen LogP contribution in [0.2, 0.25) is 5.15 Å². The van der Waals surface area contributed by atoms with Crippen LogP contribution < -0.4 is 5.32 Å². The molecule has 0 unspecified atom stereocenters. The van der Waals surface area contributed by atoms with Crippen molar-refractivity contribution >= 4 is 17.4 Å². The highest BCUT2D eigenvalue weighted by Gasteiger charge is 2.40. The van der Waals surface area contributed by atoms with Crippen molar-refractivity contribution in [3.8, 4) is 11.4 Å². The fourth-order valence-corrected chi connectivity index (χ4v) is 2.52. The number of halogens is 1. The van der Waals surface area contributed by atoms with Gasteiger partial charge in [0.15, 0.2) is 5.82 Å². The molecular weight excluding hydrogens is 270 g/mol. The molecule has 1 aliphatic rings. The van der Waals surface area contributed by atoms with E-state index in [9.17, 15) is 0 Å². The predicted octanol–water partition coefficient (Wildman–Crippen LogP) is 4.40. The molecule has 0 bridgehead atoms. The third-order valence-corrected chi connectivity index (χ3v) is 4.27. The summed E-state index contributed by atoms with van der Waals surface area (Å²) < 4.78 is 0. The van der Waals surface area contributed by atoms with Gasteiger partial charge >= 0.3 is 0 Å². The first-order valence-corrected chi connectivity index (χ1v) is 7.42. The Morgan fingerprint density at radius 3 is 2.60 bits per heavy atom. The van der Waals surface area contributed by atoms with Crippen molar-refractivity contribution in [2.24, 2.45) is 5.41 Å². The Kier molecular flexibility index (Phi) is 3.62. The van der Waals surface area contributed by atoms with Crippen molar-refractivity contribution in [2.75, 3.05) is 11.9 Å². The van der Waals surface area contributed by atoms with Crippen LogP contribution in [-0.2, 0) is 0 Å². The predicted molar refractivity (Wildman–Crippen MR) is 82.9 cm³/mol. The van der Waals surface area contributed by atoms with Gasteiger partial charge in [0, 0.05) is 18.2 Å². The quantitative estimate of drug-likeness (QED) is 0.828. The molecule has 0 aliphatic heterocycles. The summed E-state index contributed by atoms with van der Waals surface area (Å²) in [6.07, 6.45) is 3.83. The van der Waals surface area contributed by atoms with Crippen molar-refractivity contribution in [1.29, 1.82) is 0 Å². The summed E-state index contributed by atoms with van der Waals surface area (Å²) in [4.78, 5) is 8.86. The molecule has 1 aromatic heterocycles. The minimum atomic E-state index is 0.475. The Labute approximate surface area is 124 Å². The van der Waals surface area contributed by atoms with Crippen molar-refractivity contribution in [2.45, 2.75) is 26.2 Å². The zero-order valence-electron chi connectivity index (χ0n) is 11.6. The number of aromatic nitrogens is 2. The van der Waals surface area contributed by atoms with Crippen LogP contribution in [0.25, 0.3) is 11.4 Å². The molecule has 1 heterocycles. The molecule has 1 N–H and O–H groups in total. The zero-order chi connectivity index (χ0) is 14.0. The molecule has 0 saturated heterocycles. The van der Waals surface area contributed by atoms with Crippen LogP contribution in [0.3, 0.4) is 0 Å². The lowest BCUT2D eigenvalue weighted by molar-refractivity contribution is 0.520. The highest BCUT2D eigenvalue weighted by atomic mass is 35.5. The maximum atomic E-state index is 6.11. The molecular formula is C16H18ClN3. The molecule has 1 fully saturated rings. The van der Waals surface area contributed by atoms with Gasteiger partial charge in [-0.15, -0.1) is 0 Å². The highest BCUT2D eigenvalue weighted by Crippen LogP contribution is 2.48. The Morgan fingerprint density at radius 2 is 1.95 bits per heavy atom. The molecule has 1 saturated carbocycles. The van der Waals surface area contributed by atoms with E-state index >= 15 is 0 Å². The molecule has 3 rings (SSSR count). The van der Waals surface area contributed by atoms with E-state index in [0.717, 1.165) is 17.9 Å². The van der Waals surface area contributed by atoms with Crippen LogP contribution in [0.1, 0.15) is 26.2 Å². The Balaban J connectivity index is 1.80. The summed E-state index contributed by atoms with van der Waals surface area (Å²) in [6.45, 7) is 3.21. The van der Waals surface area contributed by atoms with Gasteiger partial charge < -0.3 is 5.32 Å². The Bertz CT molecular complexity index is 594. The topological polar surface area (TPSA) is 37.8 Å². The number of anilines is 1. The third kappa shape index (κ3) is 2.93. The first kappa shape index (κ1) is 13.4.